The molecular weight excluding hydrogens is 172 g/mol. The van der Waals surface area contributed by atoms with E-state index < -0.39 is 0 Å². The first-order chi connectivity index (χ1) is 6.67. The number of rotatable bonds is 4. The molecule has 1 aliphatic rings. The second kappa shape index (κ2) is 5.72. The predicted octanol–water partition coefficient (Wildman–Crippen LogP) is 1.95. The van der Waals surface area contributed by atoms with Gasteiger partial charge in [-0.25, -0.2) is 0 Å². The molecule has 2 heteroatoms. The monoisotopic (exact) mass is 198 g/mol. The first kappa shape index (κ1) is 12.0. The number of likely N-dealkylation sites (tertiary alicyclic amines) is 1. The standard InChI is InChI=1S/C12H26N2/c1-4-10(2)8-14-6-5-11(3)12(7-13)9-14/h10-12H,4-9,13H2,1-3H3. The fraction of sp³-hybridized carbons (Fsp3) is 1.00. The van der Waals surface area contributed by atoms with Crippen LogP contribution in [0.4, 0.5) is 0 Å². The molecule has 0 bridgehead atoms. The molecule has 2 N–H and O–H groups in total. The van der Waals surface area contributed by atoms with Gasteiger partial charge in [-0.1, -0.05) is 27.2 Å². The molecule has 0 aromatic carbocycles. The van der Waals surface area contributed by atoms with Crippen molar-refractivity contribution in [3.63, 3.8) is 0 Å². The van der Waals surface area contributed by atoms with E-state index in [0.717, 1.165) is 24.3 Å². The molecule has 3 atom stereocenters. The molecule has 84 valence electrons. The van der Waals surface area contributed by atoms with Gasteiger partial charge in [0.15, 0.2) is 0 Å². The van der Waals surface area contributed by atoms with Crippen LogP contribution in [-0.2, 0) is 0 Å². The van der Waals surface area contributed by atoms with E-state index in [1.807, 2.05) is 0 Å². The highest BCUT2D eigenvalue weighted by atomic mass is 15.1. The molecule has 2 nitrogen and oxygen atoms in total. The summed E-state index contributed by atoms with van der Waals surface area (Å²) in [7, 11) is 0. The summed E-state index contributed by atoms with van der Waals surface area (Å²) in [6.45, 7) is 11.6. The fourth-order valence-electron chi connectivity index (χ4n) is 2.27. The van der Waals surface area contributed by atoms with Crippen LogP contribution >= 0.6 is 0 Å². The molecule has 1 aliphatic heterocycles. The first-order valence-electron chi connectivity index (χ1n) is 6.09. The van der Waals surface area contributed by atoms with Gasteiger partial charge in [-0.3, -0.25) is 0 Å². The Morgan fingerprint density at radius 3 is 2.79 bits per heavy atom. The Labute approximate surface area is 88.8 Å². The minimum atomic E-state index is 0.729. The Morgan fingerprint density at radius 1 is 1.50 bits per heavy atom. The highest BCUT2D eigenvalue weighted by molar-refractivity contribution is 4.79. The van der Waals surface area contributed by atoms with E-state index in [0.29, 0.717) is 0 Å². The van der Waals surface area contributed by atoms with Crippen molar-refractivity contribution < 1.29 is 0 Å². The molecule has 1 heterocycles. The van der Waals surface area contributed by atoms with E-state index >= 15 is 0 Å². The summed E-state index contributed by atoms with van der Waals surface area (Å²) in [4.78, 5) is 2.60. The average molecular weight is 198 g/mol. The zero-order valence-electron chi connectivity index (χ0n) is 10.00. The van der Waals surface area contributed by atoms with E-state index in [1.54, 1.807) is 0 Å². The van der Waals surface area contributed by atoms with Crippen LogP contribution in [0.5, 0.6) is 0 Å². The lowest BCUT2D eigenvalue weighted by Crippen LogP contribution is -2.44. The Hall–Kier alpha value is -0.0800. The van der Waals surface area contributed by atoms with Gasteiger partial charge >= 0.3 is 0 Å². The van der Waals surface area contributed by atoms with Gasteiger partial charge in [0.25, 0.3) is 0 Å². The SMILES string of the molecule is CCC(C)CN1CCC(C)C(CN)C1. The summed E-state index contributed by atoms with van der Waals surface area (Å²) >= 11 is 0. The van der Waals surface area contributed by atoms with E-state index in [4.69, 9.17) is 5.73 Å². The Kier molecular flexibility index (Phi) is 4.90. The lowest BCUT2D eigenvalue weighted by molar-refractivity contribution is 0.117. The summed E-state index contributed by atoms with van der Waals surface area (Å²) < 4.78 is 0. The highest BCUT2D eigenvalue weighted by Crippen LogP contribution is 2.23. The van der Waals surface area contributed by atoms with Gasteiger partial charge in [0.2, 0.25) is 0 Å². The number of hydrogen-bond acceptors (Lipinski definition) is 2. The van der Waals surface area contributed by atoms with Crippen LogP contribution in [0, 0.1) is 17.8 Å². The molecule has 1 rings (SSSR count). The number of nitrogens with two attached hydrogens (primary N) is 1. The minimum absolute atomic E-state index is 0.729. The zero-order chi connectivity index (χ0) is 10.6. The fourth-order valence-corrected chi connectivity index (χ4v) is 2.27. The van der Waals surface area contributed by atoms with Crippen molar-refractivity contribution in [2.45, 2.75) is 33.6 Å². The Balaban J connectivity index is 2.34. The summed E-state index contributed by atoms with van der Waals surface area (Å²) in [5.41, 5.74) is 5.79. The van der Waals surface area contributed by atoms with Crippen molar-refractivity contribution in [1.29, 1.82) is 0 Å². The Bertz CT molecular complexity index is 158. The minimum Gasteiger partial charge on any atom is -0.330 e. The van der Waals surface area contributed by atoms with Gasteiger partial charge in [-0.05, 0) is 37.3 Å². The molecule has 0 saturated carbocycles. The summed E-state index contributed by atoms with van der Waals surface area (Å²) in [6.07, 6.45) is 2.62. The molecule has 0 spiro atoms. The van der Waals surface area contributed by atoms with E-state index in [2.05, 4.69) is 25.7 Å². The van der Waals surface area contributed by atoms with Gasteiger partial charge < -0.3 is 10.6 Å². The third-order valence-electron chi connectivity index (χ3n) is 3.77. The van der Waals surface area contributed by atoms with E-state index in [1.165, 1.54) is 32.5 Å². The van der Waals surface area contributed by atoms with Crippen molar-refractivity contribution in [1.82, 2.24) is 4.90 Å². The van der Waals surface area contributed by atoms with E-state index in [-0.39, 0.29) is 0 Å². The van der Waals surface area contributed by atoms with Crippen LogP contribution in [0.2, 0.25) is 0 Å². The summed E-state index contributed by atoms with van der Waals surface area (Å²) in [5.74, 6) is 2.39. The largest absolute Gasteiger partial charge is 0.330 e. The van der Waals surface area contributed by atoms with E-state index in [9.17, 15) is 0 Å². The maximum Gasteiger partial charge on any atom is 0.00244 e. The molecule has 0 aliphatic carbocycles. The van der Waals surface area contributed by atoms with Crippen LogP contribution in [0.15, 0.2) is 0 Å². The van der Waals surface area contributed by atoms with Crippen LogP contribution in [0.1, 0.15) is 33.6 Å². The second-order valence-electron chi connectivity index (χ2n) is 5.03. The van der Waals surface area contributed by atoms with Crippen molar-refractivity contribution >= 4 is 0 Å². The highest BCUT2D eigenvalue weighted by Gasteiger charge is 2.25. The van der Waals surface area contributed by atoms with Gasteiger partial charge in [0.05, 0.1) is 0 Å². The Morgan fingerprint density at radius 2 is 2.21 bits per heavy atom. The zero-order valence-corrected chi connectivity index (χ0v) is 10.00. The lowest BCUT2D eigenvalue weighted by atomic mass is 9.87. The molecule has 1 fully saturated rings. The molecule has 1 saturated heterocycles. The second-order valence-corrected chi connectivity index (χ2v) is 5.03. The van der Waals surface area contributed by atoms with Gasteiger partial charge in [0.1, 0.15) is 0 Å². The number of piperidine rings is 1. The molecule has 3 unspecified atom stereocenters. The van der Waals surface area contributed by atoms with Crippen molar-refractivity contribution in [3.8, 4) is 0 Å². The lowest BCUT2D eigenvalue weighted by Gasteiger charge is -2.37. The van der Waals surface area contributed by atoms with Crippen molar-refractivity contribution in [2.75, 3.05) is 26.2 Å². The van der Waals surface area contributed by atoms with Crippen molar-refractivity contribution in [2.24, 2.45) is 23.5 Å². The van der Waals surface area contributed by atoms with Crippen LogP contribution < -0.4 is 5.73 Å². The normalized spacial score (nSPS) is 31.7. The topological polar surface area (TPSA) is 29.3 Å². The summed E-state index contributed by atoms with van der Waals surface area (Å²) in [6, 6.07) is 0. The van der Waals surface area contributed by atoms with Crippen LogP contribution in [-0.4, -0.2) is 31.1 Å². The maximum atomic E-state index is 5.79. The number of nitrogens with zero attached hydrogens (tertiary/aromatic N) is 1. The third kappa shape index (κ3) is 3.25. The predicted molar refractivity (Wildman–Crippen MR) is 62.2 cm³/mol. The maximum absolute atomic E-state index is 5.79. The van der Waals surface area contributed by atoms with Gasteiger partial charge in [-0.15, -0.1) is 0 Å². The smallest absolute Gasteiger partial charge is 0.00244 e. The quantitative estimate of drug-likeness (QED) is 0.748. The molecule has 14 heavy (non-hydrogen) atoms. The third-order valence-corrected chi connectivity index (χ3v) is 3.77. The van der Waals surface area contributed by atoms with Gasteiger partial charge in [-0.2, -0.15) is 0 Å². The number of hydrogen-bond donors (Lipinski definition) is 1. The first-order valence-corrected chi connectivity index (χ1v) is 6.09. The molecule has 0 aromatic rings. The van der Waals surface area contributed by atoms with Gasteiger partial charge in [0, 0.05) is 13.1 Å². The molecule has 0 amide bonds. The summed E-state index contributed by atoms with van der Waals surface area (Å²) in [5, 5.41) is 0. The van der Waals surface area contributed by atoms with Crippen molar-refractivity contribution in [3.05, 3.63) is 0 Å². The average Bonchev–Trinajstić information content (AvgIpc) is 2.20. The molecule has 0 radical (unpaired) electrons. The molecular formula is C12H26N2. The molecule has 0 aromatic heterocycles. The van der Waals surface area contributed by atoms with Crippen LogP contribution in [0.25, 0.3) is 0 Å². The van der Waals surface area contributed by atoms with Crippen LogP contribution in [0.3, 0.4) is 0 Å².